The molecule has 2 aromatic heterocycles. The van der Waals surface area contributed by atoms with E-state index >= 15 is 0 Å². The van der Waals surface area contributed by atoms with Gasteiger partial charge in [-0.1, -0.05) is 17.7 Å². The number of rotatable bonds is 7. The van der Waals surface area contributed by atoms with Crippen molar-refractivity contribution in [3.8, 4) is 0 Å². The average molecular weight is 345 g/mol. The van der Waals surface area contributed by atoms with Crippen LogP contribution in [0.15, 0.2) is 30.6 Å². The Balaban J connectivity index is 1.69. The monoisotopic (exact) mass is 344 g/mol. The Morgan fingerprint density at radius 3 is 2.71 bits per heavy atom. The lowest BCUT2D eigenvalue weighted by molar-refractivity contribution is 0.0968. The van der Waals surface area contributed by atoms with Gasteiger partial charge in [-0.05, 0) is 44.6 Å². The van der Waals surface area contributed by atoms with E-state index in [1.807, 2.05) is 32.4 Å². The SMILES string of the molecule is CN(C)Cc1ccc(CNc2cc(Cl)ncc2C(=O)C2CC2)cn1. The van der Waals surface area contributed by atoms with E-state index in [-0.39, 0.29) is 11.7 Å². The molecule has 0 unspecified atom stereocenters. The van der Waals surface area contributed by atoms with Crippen LogP contribution in [-0.2, 0) is 13.1 Å². The number of carbonyl (C=O) groups excluding carboxylic acids is 1. The van der Waals surface area contributed by atoms with E-state index in [0.717, 1.165) is 36.3 Å². The molecule has 0 spiro atoms. The summed E-state index contributed by atoms with van der Waals surface area (Å²) in [6, 6.07) is 5.78. The van der Waals surface area contributed by atoms with E-state index in [1.165, 1.54) is 0 Å². The summed E-state index contributed by atoms with van der Waals surface area (Å²) < 4.78 is 0. The van der Waals surface area contributed by atoms with Crippen LogP contribution in [0, 0.1) is 5.92 Å². The maximum absolute atomic E-state index is 12.4. The topological polar surface area (TPSA) is 58.1 Å². The summed E-state index contributed by atoms with van der Waals surface area (Å²) in [6.45, 7) is 1.40. The second-order valence-corrected chi connectivity index (χ2v) is 6.83. The molecule has 1 N–H and O–H groups in total. The third-order valence-electron chi connectivity index (χ3n) is 3.93. The van der Waals surface area contributed by atoms with Crippen LogP contribution < -0.4 is 5.32 Å². The summed E-state index contributed by atoms with van der Waals surface area (Å²) in [5, 5.41) is 3.68. The minimum absolute atomic E-state index is 0.153. The summed E-state index contributed by atoms with van der Waals surface area (Å²) in [6.07, 6.45) is 5.37. The average Bonchev–Trinajstić information content (AvgIpc) is 3.38. The van der Waals surface area contributed by atoms with Gasteiger partial charge < -0.3 is 10.2 Å². The van der Waals surface area contributed by atoms with Gasteiger partial charge in [0.1, 0.15) is 5.15 Å². The van der Waals surface area contributed by atoms with Gasteiger partial charge in [0.25, 0.3) is 0 Å². The number of carbonyl (C=O) groups is 1. The van der Waals surface area contributed by atoms with Gasteiger partial charge >= 0.3 is 0 Å². The molecule has 0 atom stereocenters. The number of anilines is 1. The van der Waals surface area contributed by atoms with Gasteiger partial charge in [0.15, 0.2) is 5.78 Å². The maximum Gasteiger partial charge on any atom is 0.169 e. The molecule has 6 heteroatoms. The molecule has 0 saturated heterocycles. The first-order valence-corrected chi connectivity index (χ1v) is 8.43. The zero-order chi connectivity index (χ0) is 17.1. The third-order valence-corrected chi connectivity index (χ3v) is 4.14. The van der Waals surface area contributed by atoms with Crippen molar-refractivity contribution in [2.24, 2.45) is 5.92 Å². The highest BCUT2D eigenvalue weighted by Gasteiger charge is 2.32. The number of hydrogen-bond acceptors (Lipinski definition) is 5. The predicted molar refractivity (Wildman–Crippen MR) is 95.3 cm³/mol. The molecule has 0 amide bonds. The Kier molecular flexibility index (Phi) is 5.11. The molecule has 1 aliphatic carbocycles. The van der Waals surface area contributed by atoms with Crippen LogP contribution in [0.25, 0.3) is 0 Å². The molecular weight excluding hydrogens is 324 g/mol. The molecule has 1 saturated carbocycles. The van der Waals surface area contributed by atoms with Crippen molar-refractivity contribution < 1.29 is 4.79 Å². The molecule has 0 aromatic carbocycles. The number of Topliss-reactive ketones (excluding diaryl/α,β-unsaturated/α-hetero) is 1. The van der Waals surface area contributed by atoms with E-state index in [4.69, 9.17) is 11.6 Å². The number of hydrogen-bond donors (Lipinski definition) is 1. The highest BCUT2D eigenvalue weighted by molar-refractivity contribution is 6.29. The van der Waals surface area contributed by atoms with Gasteiger partial charge in [-0.2, -0.15) is 0 Å². The molecule has 2 heterocycles. The van der Waals surface area contributed by atoms with Gasteiger partial charge in [0.05, 0.1) is 11.3 Å². The predicted octanol–water partition coefficient (Wildman–Crippen LogP) is 3.40. The fraction of sp³-hybridized carbons (Fsp3) is 0.389. The first-order chi connectivity index (χ1) is 11.5. The summed E-state index contributed by atoms with van der Waals surface area (Å²) in [5.41, 5.74) is 3.44. The number of halogens is 1. The minimum Gasteiger partial charge on any atom is -0.380 e. The van der Waals surface area contributed by atoms with Crippen LogP contribution in [0.2, 0.25) is 5.15 Å². The molecule has 2 aromatic rings. The maximum atomic E-state index is 12.4. The van der Waals surface area contributed by atoms with Crippen molar-refractivity contribution >= 4 is 23.1 Å². The molecule has 0 aliphatic heterocycles. The second kappa shape index (κ2) is 7.28. The lowest BCUT2D eigenvalue weighted by Gasteiger charge is -2.12. The zero-order valence-corrected chi connectivity index (χ0v) is 14.7. The van der Waals surface area contributed by atoms with Crippen molar-refractivity contribution in [3.63, 3.8) is 0 Å². The fourth-order valence-electron chi connectivity index (χ4n) is 2.51. The lowest BCUT2D eigenvalue weighted by Crippen LogP contribution is -2.12. The van der Waals surface area contributed by atoms with Crippen molar-refractivity contribution in [3.05, 3.63) is 52.6 Å². The second-order valence-electron chi connectivity index (χ2n) is 6.44. The highest BCUT2D eigenvalue weighted by atomic mass is 35.5. The van der Waals surface area contributed by atoms with Crippen molar-refractivity contribution in [1.29, 1.82) is 0 Å². The van der Waals surface area contributed by atoms with Gasteiger partial charge in [-0.25, -0.2) is 4.98 Å². The standard InChI is InChI=1S/C18H21ClN4O/c1-23(2)11-14-6-3-12(8-20-14)9-21-16-7-17(19)22-10-15(16)18(24)13-4-5-13/h3,6-8,10,13H,4-5,9,11H2,1-2H3,(H,21,22). The van der Waals surface area contributed by atoms with Crippen LogP contribution >= 0.6 is 11.6 Å². The normalized spacial score (nSPS) is 14.0. The van der Waals surface area contributed by atoms with E-state index in [0.29, 0.717) is 17.3 Å². The highest BCUT2D eigenvalue weighted by Crippen LogP contribution is 2.35. The molecule has 126 valence electrons. The number of pyridine rings is 2. The van der Waals surface area contributed by atoms with Crippen molar-refractivity contribution in [2.45, 2.75) is 25.9 Å². The van der Waals surface area contributed by atoms with Crippen molar-refractivity contribution in [1.82, 2.24) is 14.9 Å². The van der Waals surface area contributed by atoms with E-state index in [1.54, 1.807) is 12.3 Å². The molecule has 0 bridgehead atoms. The Morgan fingerprint density at radius 1 is 1.29 bits per heavy atom. The largest absolute Gasteiger partial charge is 0.380 e. The van der Waals surface area contributed by atoms with Crippen LogP contribution in [0.4, 0.5) is 5.69 Å². The smallest absolute Gasteiger partial charge is 0.169 e. The Labute approximate surface area is 147 Å². The van der Waals surface area contributed by atoms with Crippen LogP contribution in [-0.4, -0.2) is 34.7 Å². The third kappa shape index (κ3) is 4.30. The Hall–Kier alpha value is -1.98. The number of aromatic nitrogens is 2. The molecule has 1 aliphatic rings. The van der Waals surface area contributed by atoms with E-state index < -0.39 is 0 Å². The van der Waals surface area contributed by atoms with E-state index in [2.05, 4.69) is 20.2 Å². The Morgan fingerprint density at radius 2 is 2.08 bits per heavy atom. The number of nitrogens with zero attached hydrogens (tertiary/aromatic N) is 3. The van der Waals surface area contributed by atoms with Gasteiger partial charge in [-0.3, -0.25) is 9.78 Å². The molecule has 0 radical (unpaired) electrons. The molecule has 3 rings (SSSR count). The number of nitrogens with one attached hydrogen (secondary N) is 1. The molecule has 5 nitrogen and oxygen atoms in total. The summed E-state index contributed by atoms with van der Waals surface area (Å²) in [4.78, 5) is 22.9. The Bertz CT molecular complexity index is 726. The fourth-order valence-corrected chi connectivity index (χ4v) is 2.67. The molecule has 1 fully saturated rings. The lowest BCUT2D eigenvalue weighted by atomic mass is 10.1. The quantitative estimate of drug-likeness (QED) is 0.616. The van der Waals surface area contributed by atoms with Crippen molar-refractivity contribution in [2.75, 3.05) is 19.4 Å². The summed E-state index contributed by atoms with van der Waals surface area (Å²) in [7, 11) is 4.03. The summed E-state index contributed by atoms with van der Waals surface area (Å²) in [5.74, 6) is 0.307. The zero-order valence-electron chi connectivity index (χ0n) is 13.9. The summed E-state index contributed by atoms with van der Waals surface area (Å²) >= 11 is 5.99. The first kappa shape index (κ1) is 16.9. The van der Waals surface area contributed by atoms with Crippen LogP contribution in [0.3, 0.4) is 0 Å². The van der Waals surface area contributed by atoms with E-state index in [9.17, 15) is 4.79 Å². The van der Waals surface area contributed by atoms with Crippen LogP contribution in [0.1, 0.15) is 34.5 Å². The molecule has 24 heavy (non-hydrogen) atoms. The van der Waals surface area contributed by atoms with Gasteiger partial charge in [0.2, 0.25) is 0 Å². The van der Waals surface area contributed by atoms with Gasteiger partial charge in [-0.15, -0.1) is 0 Å². The van der Waals surface area contributed by atoms with Crippen LogP contribution in [0.5, 0.6) is 0 Å². The molecular formula is C18H21ClN4O. The number of ketones is 1. The van der Waals surface area contributed by atoms with Gasteiger partial charge in [0, 0.05) is 37.1 Å². The minimum atomic E-state index is 0.153. The first-order valence-electron chi connectivity index (χ1n) is 8.05.